The molecule has 8 unspecified atom stereocenters. The minimum absolute atomic E-state index is 0.0109. The van der Waals surface area contributed by atoms with Crippen LogP contribution in [0.3, 0.4) is 0 Å². The van der Waals surface area contributed by atoms with Gasteiger partial charge in [0.05, 0.1) is 6.10 Å². The molecule has 15 heteroatoms. The van der Waals surface area contributed by atoms with Crippen LogP contribution in [0.1, 0.15) is 89.7 Å². The first kappa shape index (κ1) is 52.5. The zero-order valence-electron chi connectivity index (χ0n) is 43.5. The van der Waals surface area contributed by atoms with Gasteiger partial charge in [-0.2, -0.15) is 0 Å². The van der Waals surface area contributed by atoms with Crippen LogP contribution in [-0.2, 0) is 23.9 Å². The quantitative estimate of drug-likeness (QED) is 0.111. The van der Waals surface area contributed by atoms with Crippen LogP contribution < -0.4 is 19.5 Å². The molecule has 3 saturated carbocycles. The van der Waals surface area contributed by atoms with E-state index >= 15 is 0 Å². The standard InChI is InChI=1S/C21H22NO3P.C21H21NO3.C14H10O3.C7H14NOP/c23-21(25-20-13-9-10-14(20)12-22(26)11-13)19-15-5-1-3-7-17(15)24-18-8-4-2-6-16(18)19;23-21(25-20-13-9-10-14(20)12-22-11-13)19-15-5-1-3-7-17(15)24-18-8-4-2-6-16(18)19;15-14(16)13-9-5-1-3-7-11(9)17-12-8-4-2-6-10(12)13;9-7-5-1-2-6(7)4-8(10)3-5/h1-8,13-14,19-20H,9-12,26H2;1-8,13-14,19-20,22H,9-12H2;1-8,13H,(H,15,16);5-7,9H,1-4,10H2. The smallest absolute Gasteiger partial charge is 0.318 e. The van der Waals surface area contributed by atoms with Crippen LogP contribution in [0.15, 0.2) is 146 Å². The van der Waals surface area contributed by atoms with E-state index in [1.165, 1.54) is 12.8 Å². The molecule has 6 aliphatic heterocycles. The molecule has 3 aliphatic carbocycles. The lowest BCUT2D eigenvalue weighted by Gasteiger charge is -2.36. The zero-order chi connectivity index (χ0) is 53.4. The fourth-order valence-corrected chi connectivity index (χ4v) is 14.8. The molecule has 9 aliphatic rings. The molecule has 404 valence electrons. The number of hydrogen-bond acceptors (Lipinski definition) is 12. The minimum atomic E-state index is -0.854. The number of nitrogens with one attached hydrogen (secondary N) is 1. The highest BCUT2D eigenvalue weighted by atomic mass is 31.0. The SMILES string of the molecule is O=C(O)C1c2ccccc2Oc2ccccc21.O=C(OC1C2CCC1CN(P)C2)C1c2ccccc2Oc2ccccc21.O=C(OC1C2CCC1CNC2)C1c2ccccc2Oc2ccccc21.OC1C2CCC1CN(P)C2. The molecule has 0 amide bonds. The molecule has 0 radical (unpaired) electrons. The number of aliphatic hydroxyl groups excluding tert-OH is 1. The molecule has 6 aromatic rings. The average Bonchev–Trinajstić information content (AvgIpc) is 4.00. The van der Waals surface area contributed by atoms with Gasteiger partial charge in [-0.25, -0.2) is 0 Å². The number of para-hydroxylation sites is 6. The normalized spacial score (nSPS) is 26.9. The number of carbonyl (C=O) groups is 3. The summed E-state index contributed by atoms with van der Waals surface area (Å²) in [5, 5.41) is 22.4. The Labute approximate surface area is 460 Å². The first-order valence-electron chi connectivity index (χ1n) is 27.6. The van der Waals surface area contributed by atoms with Crippen LogP contribution in [-0.4, -0.2) is 95.0 Å². The van der Waals surface area contributed by atoms with Gasteiger partial charge in [-0.15, -0.1) is 0 Å². The average molecular weight is 1090 g/mol. The van der Waals surface area contributed by atoms with Crippen LogP contribution in [0.5, 0.6) is 34.5 Å². The van der Waals surface area contributed by atoms with Crippen molar-refractivity contribution in [1.29, 1.82) is 0 Å². The third-order valence-corrected chi connectivity index (χ3v) is 18.3. The van der Waals surface area contributed by atoms with Gasteiger partial charge in [-0.1, -0.05) is 128 Å². The molecule has 0 spiro atoms. The molecule has 78 heavy (non-hydrogen) atoms. The van der Waals surface area contributed by atoms with Gasteiger partial charge in [-0.05, 0) is 86.8 Å². The van der Waals surface area contributed by atoms with Crippen molar-refractivity contribution < 1.29 is 48.3 Å². The topological polar surface area (TPSA) is 156 Å². The molecule has 15 rings (SSSR count). The summed E-state index contributed by atoms with van der Waals surface area (Å²) in [6.45, 7) is 6.02. The lowest BCUT2D eigenvalue weighted by molar-refractivity contribution is -0.156. The van der Waals surface area contributed by atoms with Gasteiger partial charge < -0.3 is 39.2 Å². The van der Waals surface area contributed by atoms with Crippen LogP contribution in [0.2, 0.25) is 0 Å². The van der Waals surface area contributed by atoms with Gasteiger partial charge in [0, 0.05) is 96.3 Å². The first-order chi connectivity index (χ1) is 38.1. The number of rotatable bonds is 5. The zero-order valence-corrected chi connectivity index (χ0v) is 45.8. The Morgan fingerprint density at radius 1 is 0.423 bits per heavy atom. The fraction of sp³-hybridized carbons (Fsp3) is 0.381. The Bertz CT molecular complexity index is 3000. The highest BCUT2D eigenvalue weighted by Crippen LogP contribution is 2.49. The van der Waals surface area contributed by atoms with Crippen molar-refractivity contribution in [2.45, 2.75) is 74.6 Å². The molecule has 6 aromatic carbocycles. The summed E-state index contributed by atoms with van der Waals surface area (Å²) in [5.41, 5.74) is 5.00. The number of carboxylic acids is 1. The van der Waals surface area contributed by atoms with Gasteiger partial charge in [0.1, 0.15) is 64.5 Å². The van der Waals surface area contributed by atoms with Crippen molar-refractivity contribution >= 4 is 36.7 Å². The second-order valence-corrected chi connectivity index (χ2v) is 23.8. The van der Waals surface area contributed by atoms with E-state index in [0.717, 1.165) is 110 Å². The maximum Gasteiger partial charge on any atom is 0.318 e. The van der Waals surface area contributed by atoms with Crippen molar-refractivity contribution in [3.8, 4) is 34.5 Å². The van der Waals surface area contributed by atoms with Crippen molar-refractivity contribution in [2.75, 3.05) is 39.3 Å². The number of carboxylic acid groups (broad SMARTS) is 1. The Hall–Kier alpha value is -6.17. The lowest BCUT2D eigenvalue weighted by atomic mass is 9.87. The highest BCUT2D eigenvalue weighted by molar-refractivity contribution is 7.13. The van der Waals surface area contributed by atoms with Gasteiger partial charge in [-0.3, -0.25) is 23.7 Å². The van der Waals surface area contributed by atoms with Crippen molar-refractivity contribution in [3.63, 3.8) is 0 Å². The molecule has 6 fully saturated rings. The molecular formula is C63H67N3O10P2. The second kappa shape index (κ2) is 22.9. The summed E-state index contributed by atoms with van der Waals surface area (Å²) >= 11 is 0. The fourth-order valence-electron chi connectivity index (χ4n) is 13.8. The molecule has 3 N–H and O–H groups in total. The molecule has 8 atom stereocenters. The largest absolute Gasteiger partial charge is 0.481 e. The van der Waals surface area contributed by atoms with E-state index in [1.807, 2.05) is 121 Å². The number of carbonyl (C=O) groups excluding carboxylic acids is 2. The van der Waals surface area contributed by atoms with E-state index in [9.17, 15) is 24.6 Å². The van der Waals surface area contributed by atoms with Crippen LogP contribution in [0.4, 0.5) is 0 Å². The van der Waals surface area contributed by atoms with E-state index in [0.29, 0.717) is 58.1 Å². The number of ether oxygens (including phenoxy) is 5. The predicted octanol–water partition coefficient (Wildman–Crippen LogP) is 10.9. The minimum Gasteiger partial charge on any atom is -0.481 e. The molecular weight excluding hydrogens is 1020 g/mol. The number of hydrogen-bond donors (Lipinski definition) is 3. The van der Waals surface area contributed by atoms with E-state index in [1.54, 1.807) is 24.3 Å². The van der Waals surface area contributed by atoms with E-state index < -0.39 is 23.7 Å². The molecule has 6 bridgehead atoms. The second-order valence-electron chi connectivity index (χ2n) is 22.3. The molecule has 6 heterocycles. The van der Waals surface area contributed by atoms with Crippen LogP contribution in [0, 0.1) is 35.5 Å². The number of piperidine rings is 3. The number of fused-ring (bicyclic) bond motifs is 12. The number of esters is 2. The summed E-state index contributed by atoms with van der Waals surface area (Å²) in [6, 6.07) is 45.6. The lowest BCUT2D eigenvalue weighted by Crippen LogP contribution is -2.44. The van der Waals surface area contributed by atoms with E-state index in [2.05, 4.69) is 33.4 Å². The summed E-state index contributed by atoms with van der Waals surface area (Å²) in [4.78, 5) is 37.9. The first-order valence-corrected chi connectivity index (χ1v) is 28.7. The van der Waals surface area contributed by atoms with Gasteiger partial charge in [0.15, 0.2) is 0 Å². The van der Waals surface area contributed by atoms with Crippen LogP contribution >= 0.6 is 18.8 Å². The Morgan fingerprint density at radius 2 is 0.692 bits per heavy atom. The Kier molecular flexibility index (Phi) is 15.4. The van der Waals surface area contributed by atoms with Crippen molar-refractivity contribution in [1.82, 2.24) is 14.7 Å². The third kappa shape index (κ3) is 10.6. The monoisotopic (exact) mass is 1090 g/mol. The summed E-state index contributed by atoms with van der Waals surface area (Å²) in [5.74, 6) is 4.55. The van der Waals surface area contributed by atoms with E-state index in [-0.39, 0.29) is 30.3 Å². The predicted molar refractivity (Wildman–Crippen MR) is 302 cm³/mol. The number of benzene rings is 6. The maximum atomic E-state index is 13.3. The molecule has 3 saturated heterocycles. The molecule has 13 nitrogen and oxygen atoms in total. The number of nitrogens with zero attached hydrogens (tertiary/aromatic N) is 2. The van der Waals surface area contributed by atoms with Crippen molar-refractivity contribution in [2.24, 2.45) is 35.5 Å². The summed E-state index contributed by atoms with van der Waals surface area (Å²) in [6.07, 6.45) is 7.16. The van der Waals surface area contributed by atoms with Gasteiger partial charge in [0.2, 0.25) is 0 Å². The third-order valence-electron chi connectivity index (χ3n) is 17.5. The Morgan fingerprint density at radius 3 is 1.03 bits per heavy atom. The number of aliphatic hydroxyl groups is 1. The van der Waals surface area contributed by atoms with Gasteiger partial charge >= 0.3 is 17.9 Å². The van der Waals surface area contributed by atoms with Crippen LogP contribution in [0.25, 0.3) is 0 Å². The Balaban J connectivity index is 0.000000109. The summed E-state index contributed by atoms with van der Waals surface area (Å²) < 4.78 is 34.5. The van der Waals surface area contributed by atoms with Crippen molar-refractivity contribution in [3.05, 3.63) is 179 Å². The maximum absolute atomic E-state index is 13.3. The highest BCUT2D eigenvalue weighted by Gasteiger charge is 2.47. The molecule has 0 aromatic heterocycles. The van der Waals surface area contributed by atoms with E-state index in [4.69, 9.17) is 23.7 Å². The summed E-state index contributed by atoms with van der Waals surface area (Å²) in [7, 11) is 5.53. The van der Waals surface area contributed by atoms with Gasteiger partial charge in [0.25, 0.3) is 0 Å². The number of aliphatic carboxylic acids is 1.